The molecule has 9 heteroatoms. The highest BCUT2D eigenvalue weighted by Crippen LogP contribution is 2.45. The van der Waals surface area contributed by atoms with Gasteiger partial charge in [-0.15, -0.1) is 11.8 Å². The molecule has 144 valence electrons. The molecule has 0 saturated heterocycles. The third-order valence-electron chi connectivity index (χ3n) is 4.46. The van der Waals surface area contributed by atoms with Gasteiger partial charge in [0.2, 0.25) is 5.91 Å². The summed E-state index contributed by atoms with van der Waals surface area (Å²) < 4.78 is 12.4. The first-order chi connectivity index (χ1) is 13.6. The monoisotopic (exact) mass is 397 g/mol. The second-order valence-electron chi connectivity index (χ2n) is 6.16. The van der Waals surface area contributed by atoms with Gasteiger partial charge < -0.3 is 14.8 Å². The molecule has 1 aliphatic rings. The van der Waals surface area contributed by atoms with Crippen molar-refractivity contribution in [3.05, 3.63) is 53.5 Å². The van der Waals surface area contributed by atoms with Crippen LogP contribution in [0.25, 0.3) is 5.95 Å². The Hall–Kier alpha value is -3.07. The van der Waals surface area contributed by atoms with Gasteiger partial charge in [-0.05, 0) is 30.7 Å². The van der Waals surface area contributed by atoms with Crippen LogP contribution < -0.4 is 14.8 Å². The number of amides is 1. The van der Waals surface area contributed by atoms with Crippen LogP contribution in [0.4, 0.5) is 5.82 Å². The number of nitrogens with one attached hydrogen (secondary N) is 1. The maximum Gasteiger partial charge on any atom is 0.252 e. The normalized spacial score (nSPS) is 16.1. The van der Waals surface area contributed by atoms with Gasteiger partial charge in [-0.3, -0.25) is 4.79 Å². The summed E-state index contributed by atoms with van der Waals surface area (Å²) in [5, 5.41) is 7.46. The van der Waals surface area contributed by atoms with Gasteiger partial charge in [-0.1, -0.05) is 6.07 Å². The van der Waals surface area contributed by atoms with Crippen molar-refractivity contribution in [1.29, 1.82) is 0 Å². The van der Waals surface area contributed by atoms with E-state index >= 15 is 0 Å². The van der Waals surface area contributed by atoms with Crippen LogP contribution in [0.15, 0.2) is 36.7 Å². The zero-order valence-electron chi connectivity index (χ0n) is 15.7. The fourth-order valence-electron chi connectivity index (χ4n) is 3.21. The van der Waals surface area contributed by atoms with Gasteiger partial charge in [0.25, 0.3) is 5.95 Å². The van der Waals surface area contributed by atoms with Crippen molar-refractivity contribution in [3.8, 4) is 17.4 Å². The van der Waals surface area contributed by atoms with Crippen LogP contribution in [-0.2, 0) is 4.79 Å². The summed E-state index contributed by atoms with van der Waals surface area (Å²) >= 11 is 1.54. The van der Waals surface area contributed by atoms with E-state index in [0.29, 0.717) is 29.0 Å². The molecule has 1 aromatic carbocycles. The maximum atomic E-state index is 12.4. The molecule has 1 N–H and O–H groups in total. The molecule has 1 unspecified atom stereocenters. The van der Waals surface area contributed by atoms with Gasteiger partial charge >= 0.3 is 0 Å². The summed E-state index contributed by atoms with van der Waals surface area (Å²) in [7, 11) is 3.21. The molecule has 8 nitrogen and oxygen atoms in total. The smallest absolute Gasteiger partial charge is 0.252 e. The summed E-state index contributed by atoms with van der Waals surface area (Å²) in [5.41, 5.74) is 2.73. The molecule has 3 heterocycles. The molecule has 1 aliphatic heterocycles. The van der Waals surface area contributed by atoms with E-state index in [1.807, 2.05) is 25.1 Å². The van der Waals surface area contributed by atoms with Crippen molar-refractivity contribution >= 4 is 23.5 Å². The zero-order chi connectivity index (χ0) is 19.7. The summed E-state index contributed by atoms with van der Waals surface area (Å²) in [6.07, 6.45) is 3.29. The second kappa shape index (κ2) is 7.51. The lowest BCUT2D eigenvalue weighted by Gasteiger charge is -2.17. The molecule has 0 saturated carbocycles. The molecule has 1 amide bonds. The molecule has 0 spiro atoms. The van der Waals surface area contributed by atoms with E-state index in [4.69, 9.17) is 9.47 Å². The van der Waals surface area contributed by atoms with Gasteiger partial charge in [-0.25, -0.2) is 9.97 Å². The Bertz CT molecular complexity index is 1020. The number of aryl methyl sites for hydroxylation is 1. The van der Waals surface area contributed by atoms with Crippen molar-refractivity contribution in [2.45, 2.75) is 12.2 Å². The van der Waals surface area contributed by atoms with Crippen molar-refractivity contribution < 1.29 is 14.3 Å². The lowest BCUT2D eigenvalue weighted by Crippen LogP contribution is -2.16. The van der Waals surface area contributed by atoms with Crippen LogP contribution in [0.1, 0.15) is 22.1 Å². The third kappa shape index (κ3) is 3.18. The van der Waals surface area contributed by atoms with E-state index in [1.165, 1.54) is 0 Å². The Morgan fingerprint density at radius 2 is 1.93 bits per heavy atom. The highest BCUT2D eigenvalue weighted by molar-refractivity contribution is 8.00. The number of fused-ring (bicyclic) bond motifs is 1. The Balaban J connectivity index is 1.87. The number of benzene rings is 1. The first-order valence-corrected chi connectivity index (χ1v) is 9.67. The fraction of sp³-hybridized carbons (Fsp3) is 0.263. The largest absolute Gasteiger partial charge is 0.493 e. The first kappa shape index (κ1) is 18.3. The van der Waals surface area contributed by atoms with E-state index in [-0.39, 0.29) is 11.2 Å². The number of carbonyl (C=O) groups is 1. The standard InChI is InChI=1S/C19H19N5O3S/c1-11-16-17(12-5-6-13(26-2)14(9-12)27-3)28-10-15(25)22-18(16)24(23-11)19-20-7-4-8-21-19/h4-9,17H,10H2,1-3H3,(H,22,25). The van der Waals surface area contributed by atoms with Gasteiger partial charge in [0.1, 0.15) is 5.82 Å². The fourth-order valence-corrected chi connectivity index (χ4v) is 4.39. The minimum atomic E-state index is -0.105. The topological polar surface area (TPSA) is 91.2 Å². The highest BCUT2D eigenvalue weighted by Gasteiger charge is 2.31. The Kier molecular flexibility index (Phi) is 4.91. The number of hydrogen-bond donors (Lipinski definition) is 1. The maximum absolute atomic E-state index is 12.4. The molecule has 0 aliphatic carbocycles. The van der Waals surface area contributed by atoms with Gasteiger partial charge in [0.15, 0.2) is 11.5 Å². The summed E-state index contributed by atoms with van der Waals surface area (Å²) in [4.78, 5) is 20.9. The van der Waals surface area contributed by atoms with Crippen LogP contribution in [0.3, 0.4) is 0 Å². The predicted octanol–water partition coefficient (Wildman–Crippen LogP) is 2.76. The number of nitrogens with zero attached hydrogens (tertiary/aromatic N) is 4. The van der Waals surface area contributed by atoms with E-state index < -0.39 is 0 Å². The SMILES string of the molecule is COc1ccc(C2SCC(=O)Nc3c2c(C)nn3-c2ncccn2)cc1OC. The zero-order valence-corrected chi connectivity index (χ0v) is 16.5. The lowest BCUT2D eigenvalue weighted by atomic mass is 10.0. The van der Waals surface area contributed by atoms with Crippen molar-refractivity contribution in [2.24, 2.45) is 0 Å². The molecule has 0 radical (unpaired) electrons. The first-order valence-electron chi connectivity index (χ1n) is 8.62. The summed E-state index contributed by atoms with van der Waals surface area (Å²) in [6, 6.07) is 7.52. The van der Waals surface area contributed by atoms with E-state index in [2.05, 4.69) is 20.4 Å². The second-order valence-corrected chi connectivity index (χ2v) is 7.26. The lowest BCUT2D eigenvalue weighted by molar-refractivity contribution is -0.113. The minimum absolute atomic E-state index is 0.0914. The molecule has 28 heavy (non-hydrogen) atoms. The molecule has 2 aromatic heterocycles. The highest BCUT2D eigenvalue weighted by atomic mass is 32.2. The van der Waals surface area contributed by atoms with Crippen molar-refractivity contribution in [2.75, 3.05) is 25.3 Å². The van der Waals surface area contributed by atoms with Crippen LogP contribution in [0.2, 0.25) is 0 Å². The molecular formula is C19H19N5O3S. The number of anilines is 1. The Labute approximate surface area is 166 Å². The Morgan fingerprint density at radius 1 is 1.18 bits per heavy atom. The average molecular weight is 397 g/mol. The number of carbonyl (C=O) groups excluding carboxylic acids is 1. The van der Waals surface area contributed by atoms with Crippen LogP contribution in [0, 0.1) is 6.92 Å². The van der Waals surface area contributed by atoms with E-state index in [9.17, 15) is 4.79 Å². The van der Waals surface area contributed by atoms with Crippen molar-refractivity contribution in [3.63, 3.8) is 0 Å². The molecule has 0 fully saturated rings. The molecule has 3 aromatic rings. The van der Waals surface area contributed by atoms with Gasteiger partial charge in [0.05, 0.1) is 30.9 Å². The number of hydrogen-bond acceptors (Lipinski definition) is 7. The molecular weight excluding hydrogens is 378 g/mol. The molecule has 4 rings (SSSR count). The minimum Gasteiger partial charge on any atom is -0.493 e. The summed E-state index contributed by atoms with van der Waals surface area (Å²) in [6.45, 7) is 1.92. The van der Waals surface area contributed by atoms with E-state index in [0.717, 1.165) is 16.8 Å². The van der Waals surface area contributed by atoms with E-state index in [1.54, 1.807) is 49.1 Å². The average Bonchev–Trinajstić information content (AvgIpc) is 2.93. The van der Waals surface area contributed by atoms with Gasteiger partial charge in [0, 0.05) is 18.0 Å². The Morgan fingerprint density at radius 3 is 2.64 bits per heavy atom. The number of thioether (sulfide) groups is 1. The van der Waals surface area contributed by atoms with Crippen LogP contribution in [0.5, 0.6) is 11.5 Å². The number of rotatable bonds is 4. The quantitative estimate of drug-likeness (QED) is 0.724. The number of methoxy groups -OCH3 is 2. The number of ether oxygens (including phenoxy) is 2. The van der Waals surface area contributed by atoms with Crippen LogP contribution in [-0.4, -0.2) is 45.6 Å². The third-order valence-corrected chi connectivity index (χ3v) is 5.73. The van der Waals surface area contributed by atoms with Gasteiger partial charge in [-0.2, -0.15) is 9.78 Å². The number of aromatic nitrogens is 4. The summed E-state index contributed by atoms with van der Waals surface area (Å²) in [5.74, 6) is 2.53. The predicted molar refractivity (Wildman–Crippen MR) is 106 cm³/mol. The van der Waals surface area contributed by atoms with Crippen LogP contribution >= 0.6 is 11.8 Å². The molecule has 1 atom stereocenters. The van der Waals surface area contributed by atoms with Crippen molar-refractivity contribution in [1.82, 2.24) is 19.7 Å². The molecule has 0 bridgehead atoms.